The van der Waals surface area contributed by atoms with Crippen LogP contribution in [0.3, 0.4) is 0 Å². The summed E-state index contributed by atoms with van der Waals surface area (Å²) in [6.07, 6.45) is 6.47. The first-order chi connectivity index (χ1) is 7.72. The van der Waals surface area contributed by atoms with Crippen molar-refractivity contribution in [2.75, 3.05) is 6.61 Å². The number of aliphatic hydroxyl groups is 1. The molecule has 0 unspecified atom stereocenters. The molecule has 1 N–H and O–H groups in total. The predicted octanol–water partition coefficient (Wildman–Crippen LogP) is 3.10. The fraction of sp³-hybridized carbons (Fsp3) is 0.467. The van der Waals surface area contributed by atoms with E-state index in [1.807, 2.05) is 6.08 Å². The van der Waals surface area contributed by atoms with Gasteiger partial charge in [0.25, 0.3) is 0 Å². The van der Waals surface area contributed by atoms with Gasteiger partial charge < -0.3 is 5.11 Å². The highest BCUT2D eigenvalue weighted by molar-refractivity contribution is 5.42. The summed E-state index contributed by atoms with van der Waals surface area (Å²) in [7, 11) is 0. The average Bonchev–Trinajstić information content (AvgIpc) is 2.48. The Hall–Kier alpha value is -1.08. The molecular weight excluding hydrogens is 196 g/mol. The molecule has 0 saturated heterocycles. The van der Waals surface area contributed by atoms with Gasteiger partial charge in [0.05, 0.1) is 6.61 Å². The fourth-order valence-corrected chi connectivity index (χ4v) is 2.65. The highest BCUT2D eigenvalue weighted by Crippen LogP contribution is 2.28. The Balaban J connectivity index is 2.34. The van der Waals surface area contributed by atoms with Gasteiger partial charge in [0.2, 0.25) is 0 Å². The number of allylic oxidation sites excluding steroid dienone is 1. The standard InChI is InChI=1S/C15H20O/c1-11-3-4-12(2)15-8-6-13(9-10-16)5-7-14(11)15/h3-4,9,16H,5-8,10H2,1-2H3. The molecule has 0 aliphatic heterocycles. The Morgan fingerprint density at radius 2 is 1.50 bits per heavy atom. The molecule has 1 heteroatoms. The molecule has 1 aliphatic carbocycles. The molecule has 1 aromatic rings. The molecule has 16 heavy (non-hydrogen) atoms. The van der Waals surface area contributed by atoms with Crippen molar-refractivity contribution in [3.05, 3.63) is 46.0 Å². The van der Waals surface area contributed by atoms with Gasteiger partial charge in [-0.3, -0.25) is 0 Å². The summed E-state index contributed by atoms with van der Waals surface area (Å²) in [5.41, 5.74) is 7.34. The summed E-state index contributed by atoms with van der Waals surface area (Å²) in [6, 6.07) is 4.46. The van der Waals surface area contributed by atoms with E-state index in [4.69, 9.17) is 5.11 Å². The Bertz CT molecular complexity index is 381. The van der Waals surface area contributed by atoms with Crippen molar-refractivity contribution >= 4 is 0 Å². The van der Waals surface area contributed by atoms with Gasteiger partial charge in [0.1, 0.15) is 0 Å². The first-order valence-electron chi connectivity index (χ1n) is 6.09. The van der Waals surface area contributed by atoms with Crippen LogP contribution in [0.4, 0.5) is 0 Å². The van der Waals surface area contributed by atoms with Crippen LogP contribution in [0, 0.1) is 13.8 Å². The second kappa shape index (κ2) is 4.84. The lowest BCUT2D eigenvalue weighted by molar-refractivity contribution is 0.341. The minimum atomic E-state index is 0.184. The summed E-state index contributed by atoms with van der Waals surface area (Å²) < 4.78 is 0. The van der Waals surface area contributed by atoms with Crippen molar-refractivity contribution in [3.63, 3.8) is 0 Å². The number of benzene rings is 1. The van der Waals surface area contributed by atoms with E-state index in [1.54, 1.807) is 11.1 Å². The Labute approximate surface area is 97.8 Å². The van der Waals surface area contributed by atoms with Gasteiger partial charge in [0, 0.05) is 0 Å². The lowest BCUT2D eigenvalue weighted by atomic mass is 9.94. The minimum Gasteiger partial charge on any atom is -0.392 e. The van der Waals surface area contributed by atoms with Crippen molar-refractivity contribution in [2.45, 2.75) is 39.5 Å². The molecule has 0 bridgehead atoms. The van der Waals surface area contributed by atoms with Crippen LogP contribution >= 0.6 is 0 Å². The van der Waals surface area contributed by atoms with E-state index in [9.17, 15) is 0 Å². The van der Waals surface area contributed by atoms with Crippen LogP contribution < -0.4 is 0 Å². The number of hydrogen-bond donors (Lipinski definition) is 1. The maximum atomic E-state index is 8.96. The van der Waals surface area contributed by atoms with Crippen LogP contribution in [0.15, 0.2) is 23.8 Å². The van der Waals surface area contributed by atoms with Gasteiger partial charge in [-0.1, -0.05) is 23.8 Å². The van der Waals surface area contributed by atoms with Gasteiger partial charge in [-0.15, -0.1) is 0 Å². The summed E-state index contributed by atoms with van der Waals surface area (Å²) in [4.78, 5) is 0. The Morgan fingerprint density at radius 1 is 1.00 bits per heavy atom. The van der Waals surface area contributed by atoms with Gasteiger partial charge in [-0.25, -0.2) is 0 Å². The number of rotatable bonds is 1. The summed E-state index contributed by atoms with van der Waals surface area (Å²) in [5, 5.41) is 8.96. The summed E-state index contributed by atoms with van der Waals surface area (Å²) in [5.74, 6) is 0. The van der Waals surface area contributed by atoms with Crippen molar-refractivity contribution in [1.29, 1.82) is 0 Å². The van der Waals surface area contributed by atoms with Crippen LogP contribution in [0.1, 0.15) is 35.1 Å². The molecule has 0 radical (unpaired) electrons. The average molecular weight is 216 g/mol. The maximum Gasteiger partial charge on any atom is 0.0615 e. The predicted molar refractivity (Wildman–Crippen MR) is 67.7 cm³/mol. The first-order valence-corrected chi connectivity index (χ1v) is 6.09. The van der Waals surface area contributed by atoms with Crippen molar-refractivity contribution in [1.82, 2.24) is 0 Å². The first kappa shape index (κ1) is 11.4. The maximum absolute atomic E-state index is 8.96. The lowest BCUT2D eigenvalue weighted by Crippen LogP contribution is -1.97. The smallest absolute Gasteiger partial charge is 0.0615 e. The van der Waals surface area contributed by atoms with E-state index in [0.29, 0.717) is 0 Å². The second-order valence-electron chi connectivity index (χ2n) is 4.70. The highest BCUT2D eigenvalue weighted by Gasteiger charge is 2.14. The van der Waals surface area contributed by atoms with Crippen LogP contribution in [0.2, 0.25) is 0 Å². The Kier molecular flexibility index (Phi) is 3.45. The molecule has 0 heterocycles. The third-order valence-electron chi connectivity index (χ3n) is 3.67. The van der Waals surface area contributed by atoms with E-state index < -0.39 is 0 Å². The third kappa shape index (κ3) is 2.19. The van der Waals surface area contributed by atoms with E-state index in [1.165, 1.54) is 16.7 Å². The molecule has 0 spiro atoms. The lowest BCUT2D eigenvalue weighted by Gasteiger charge is -2.11. The van der Waals surface area contributed by atoms with Crippen LogP contribution in [-0.2, 0) is 12.8 Å². The van der Waals surface area contributed by atoms with E-state index in [-0.39, 0.29) is 6.61 Å². The van der Waals surface area contributed by atoms with Gasteiger partial charge >= 0.3 is 0 Å². The largest absolute Gasteiger partial charge is 0.392 e. The van der Waals surface area contributed by atoms with Crippen molar-refractivity contribution < 1.29 is 5.11 Å². The quantitative estimate of drug-likeness (QED) is 0.565. The zero-order valence-electron chi connectivity index (χ0n) is 10.2. The molecule has 0 atom stereocenters. The molecule has 1 aromatic carbocycles. The van der Waals surface area contributed by atoms with Gasteiger partial charge in [-0.05, 0) is 61.8 Å². The molecule has 0 fully saturated rings. The van der Waals surface area contributed by atoms with E-state index in [2.05, 4.69) is 26.0 Å². The minimum absolute atomic E-state index is 0.184. The zero-order valence-corrected chi connectivity index (χ0v) is 10.2. The SMILES string of the molecule is Cc1ccc(C)c2c1CCC(=CCO)CC2. The van der Waals surface area contributed by atoms with Crippen LogP contribution in [0.5, 0.6) is 0 Å². The molecule has 0 saturated carbocycles. The molecule has 0 amide bonds. The molecular formula is C15H20O. The number of aryl methyl sites for hydroxylation is 2. The van der Waals surface area contributed by atoms with Crippen molar-refractivity contribution in [2.24, 2.45) is 0 Å². The molecule has 0 aromatic heterocycles. The normalized spacial score (nSPS) is 15.6. The highest BCUT2D eigenvalue weighted by atomic mass is 16.2. The van der Waals surface area contributed by atoms with Crippen molar-refractivity contribution in [3.8, 4) is 0 Å². The van der Waals surface area contributed by atoms with Gasteiger partial charge in [0.15, 0.2) is 0 Å². The molecule has 2 rings (SSSR count). The summed E-state index contributed by atoms with van der Waals surface area (Å²) in [6.45, 7) is 4.60. The summed E-state index contributed by atoms with van der Waals surface area (Å²) >= 11 is 0. The molecule has 86 valence electrons. The number of aliphatic hydroxyl groups excluding tert-OH is 1. The molecule has 1 aliphatic rings. The second-order valence-corrected chi connectivity index (χ2v) is 4.70. The monoisotopic (exact) mass is 216 g/mol. The fourth-order valence-electron chi connectivity index (χ4n) is 2.65. The van der Waals surface area contributed by atoms with Crippen LogP contribution in [-0.4, -0.2) is 11.7 Å². The van der Waals surface area contributed by atoms with Gasteiger partial charge in [-0.2, -0.15) is 0 Å². The number of fused-ring (bicyclic) bond motifs is 1. The van der Waals surface area contributed by atoms with Crippen LogP contribution in [0.25, 0.3) is 0 Å². The topological polar surface area (TPSA) is 20.2 Å². The third-order valence-corrected chi connectivity index (χ3v) is 3.67. The van der Waals surface area contributed by atoms with E-state index >= 15 is 0 Å². The number of hydrogen-bond acceptors (Lipinski definition) is 1. The van der Waals surface area contributed by atoms with E-state index in [0.717, 1.165) is 25.7 Å². The Morgan fingerprint density at radius 3 is 1.94 bits per heavy atom. The zero-order chi connectivity index (χ0) is 11.5. The molecule has 1 nitrogen and oxygen atoms in total.